The molecule has 1 aromatic carbocycles. The van der Waals surface area contributed by atoms with Crippen LogP contribution in [0, 0.1) is 0 Å². The van der Waals surface area contributed by atoms with Gasteiger partial charge in [0.2, 0.25) is 0 Å². The van der Waals surface area contributed by atoms with Gasteiger partial charge in [0.25, 0.3) is 0 Å². The zero-order chi connectivity index (χ0) is 19.2. The van der Waals surface area contributed by atoms with Crippen molar-refractivity contribution in [1.29, 1.82) is 0 Å². The van der Waals surface area contributed by atoms with Gasteiger partial charge in [0.15, 0.2) is 5.96 Å². The van der Waals surface area contributed by atoms with Crippen LogP contribution in [0.4, 0.5) is 8.78 Å². The monoisotopic (exact) mass is 491 g/mol. The molecule has 0 amide bonds. The summed E-state index contributed by atoms with van der Waals surface area (Å²) in [6.07, 6.45) is 3.47. The minimum atomic E-state index is -2.60. The van der Waals surface area contributed by atoms with E-state index >= 15 is 0 Å². The summed E-state index contributed by atoms with van der Waals surface area (Å²) in [6, 6.07) is 8.59. The SMILES string of the molecule is CN=C(NCCc1ccc(C(C)(C)C)cc1)NCc1nccn1C(F)F.I. The Morgan fingerprint density at radius 2 is 1.85 bits per heavy atom. The fraction of sp³-hybridized carbons (Fsp3) is 0.474. The van der Waals surface area contributed by atoms with Crippen molar-refractivity contribution in [3.8, 4) is 0 Å². The van der Waals surface area contributed by atoms with Crippen LogP contribution >= 0.6 is 24.0 Å². The topological polar surface area (TPSA) is 54.2 Å². The number of alkyl halides is 2. The lowest BCUT2D eigenvalue weighted by molar-refractivity contribution is 0.0668. The molecule has 5 nitrogen and oxygen atoms in total. The van der Waals surface area contributed by atoms with Crippen LogP contribution in [0.5, 0.6) is 0 Å². The van der Waals surface area contributed by atoms with Crippen molar-refractivity contribution in [2.45, 2.75) is 45.7 Å². The van der Waals surface area contributed by atoms with Crippen molar-refractivity contribution in [2.24, 2.45) is 4.99 Å². The molecule has 150 valence electrons. The fourth-order valence-electron chi connectivity index (χ4n) is 2.54. The van der Waals surface area contributed by atoms with Crippen molar-refractivity contribution in [3.05, 3.63) is 53.6 Å². The number of nitrogens with one attached hydrogen (secondary N) is 2. The van der Waals surface area contributed by atoms with Crippen LogP contribution in [0.3, 0.4) is 0 Å². The molecule has 2 rings (SSSR count). The van der Waals surface area contributed by atoms with E-state index in [-0.39, 0.29) is 41.8 Å². The lowest BCUT2D eigenvalue weighted by Gasteiger charge is -2.19. The Labute approximate surface area is 176 Å². The number of halogens is 3. The first-order valence-corrected chi connectivity index (χ1v) is 8.65. The van der Waals surface area contributed by atoms with Gasteiger partial charge in [-0.2, -0.15) is 8.78 Å². The van der Waals surface area contributed by atoms with E-state index in [4.69, 9.17) is 0 Å². The Balaban J connectivity index is 0.00000364. The Morgan fingerprint density at radius 1 is 1.19 bits per heavy atom. The van der Waals surface area contributed by atoms with Crippen LogP contribution < -0.4 is 10.6 Å². The molecule has 0 unspecified atom stereocenters. The molecule has 2 aromatic rings. The molecular formula is C19H28F2IN5. The highest BCUT2D eigenvalue weighted by molar-refractivity contribution is 14.0. The van der Waals surface area contributed by atoms with E-state index in [0.717, 1.165) is 11.0 Å². The van der Waals surface area contributed by atoms with Gasteiger partial charge in [-0.25, -0.2) is 4.98 Å². The Hall–Kier alpha value is -1.71. The van der Waals surface area contributed by atoms with Crippen LogP contribution in [0.25, 0.3) is 0 Å². The molecule has 0 saturated carbocycles. The zero-order valence-electron chi connectivity index (χ0n) is 16.2. The van der Waals surface area contributed by atoms with Gasteiger partial charge in [-0.05, 0) is 23.0 Å². The van der Waals surface area contributed by atoms with Gasteiger partial charge in [-0.3, -0.25) is 9.56 Å². The lowest BCUT2D eigenvalue weighted by Crippen LogP contribution is -2.38. The van der Waals surface area contributed by atoms with Gasteiger partial charge in [-0.15, -0.1) is 24.0 Å². The van der Waals surface area contributed by atoms with E-state index in [1.54, 1.807) is 7.05 Å². The zero-order valence-corrected chi connectivity index (χ0v) is 18.5. The molecule has 27 heavy (non-hydrogen) atoms. The minimum Gasteiger partial charge on any atom is -0.356 e. The summed E-state index contributed by atoms with van der Waals surface area (Å²) in [5.74, 6) is 0.820. The first-order valence-electron chi connectivity index (χ1n) is 8.65. The highest BCUT2D eigenvalue weighted by atomic mass is 127. The molecule has 2 N–H and O–H groups in total. The number of hydrogen-bond acceptors (Lipinski definition) is 2. The number of hydrogen-bond donors (Lipinski definition) is 2. The molecule has 0 spiro atoms. The molecule has 0 aliphatic heterocycles. The number of aliphatic imine (C=N–C) groups is 1. The van der Waals surface area contributed by atoms with E-state index in [9.17, 15) is 8.78 Å². The first-order chi connectivity index (χ1) is 12.3. The summed E-state index contributed by atoms with van der Waals surface area (Å²) in [5.41, 5.74) is 2.68. The number of aromatic nitrogens is 2. The van der Waals surface area contributed by atoms with Gasteiger partial charge in [0, 0.05) is 26.0 Å². The third kappa shape index (κ3) is 7.08. The predicted molar refractivity (Wildman–Crippen MR) is 116 cm³/mol. The molecule has 0 radical (unpaired) electrons. The molecule has 0 fully saturated rings. The van der Waals surface area contributed by atoms with Crippen LogP contribution in [0.15, 0.2) is 41.7 Å². The average molecular weight is 491 g/mol. The summed E-state index contributed by atoms with van der Waals surface area (Å²) in [4.78, 5) is 8.05. The van der Waals surface area contributed by atoms with E-state index in [1.807, 2.05) is 0 Å². The van der Waals surface area contributed by atoms with Gasteiger partial charge in [0.1, 0.15) is 5.82 Å². The van der Waals surface area contributed by atoms with E-state index in [2.05, 4.69) is 65.6 Å². The summed E-state index contributed by atoms with van der Waals surface area (Å²) in [6.45, 7) is 4.85. The number of rotatable bonds is 6. The van der Waals surface area contributed by atoms with Crippen molar-refractivity contribution < 1.29 is 8.78 Å². The summed E-state index contributed by atoms with van der Waals surface area (Å²) in [5, 5.41) is 6.19. The summed E-state index contributed by atoms with van der Waals surface area (Å²) >= 11 is 0. The summed E-state index contributed by atoms with van der Waals surface area (Å²) < 4.78 is 26.4. The smallest absolute Gasteiger partial charge is 0.319 e. The quantitative estimate of drug-likeness (QED) is 0.364. The third-order valence-electron chi connectivity index (χ3n) is 4.12. The molecule has 0 bridgehead atoms. The number of guanidine groups is 1. The molecule has 8 heteroatoms. The van der Waals surface area contributed by atoms with Gasteiger partial charge < -0.3 is 10.6 Å². The number of benzene rings is 1. The average Bonchev–Trinajstić information content (AvgIpc) is 3.06. The molecule has 0 atom stereocenters. The van der Waals surface area contributed by atoms with E-state index in [0.29, 0.717) is 12.5 Å². The highest BCUT2D eigenvalue weighted by Gasteiger charge is 2.13. The van der Waals surface area contributed by atoms with Gasteiger partial charge in [-0.1, -0.05) is 45.0 Å². The largest absolute Gasteiger partial charge is 0.356 e. The third-order valence-corrected chi connectivity index (χ3v) is 4.12. The number of imidazole rings is 1. The molecule has 0 aliphatic carbocycles. The second-order valence-electron chi connectivity index (χ2n) is 7.08. The minimum absolute atomic E-state index is 0. The standard InChI is InChI=1S/C19H27F2N5.HI/c1-19(2,3)15-7-5-14(6-8-15)9-10-24-18(22-4)25-13-16-23-11-12-26(16)17(20)21;/h5-8,11-12,17H,9-10,13H2,1-4H3,(H2,22,24,25);1H. The van der Waals surface area contributed by atoms with Crippen LogP contribution in [-0.4, -0.2) is 29.1 Å². The second-order valence-corrected chi connectivity index (χ2v) is 7.08. The van der Waals surface area contributed by atoms with Gasteiger partial charge >= 0.3 is 6.55 Å². The Bertz CT molecular complexity index is 720. The molecular weight excluding hydrogens is 463 g/mol. The summed E-state index contributed by atoms with van der Waals surface area (Å²) in [7, 11) is 1.65. The van der Waals surface area contributed by atoms with Crippen LogP contribution in [-0.2, 0) is 18.4 Å². The molecule has 1 aromatic heterocycles. The van der Waals surface area contributed by atoms with Crippen LogP contribution in [0.2, 0.25) is 0 Å². The Morgan fingerprint density at radius 3 is 2.41 bits per heavy atom. The Kier molecular flexibility index (Phi) is 9.14. The van der Waals surface area contributed by atoms with E-state index in [1.165, 1.54) is 23.5 Å². The molecule has 0 saturated heterocycles. The number of nitrogens with zero attached hydrogens (tertiary/aromatic N) is 3. The normalized spacial score (nSPS) is 12.0. The fourth-order valence-corrected chi connectivity index (χ4v) is 2.54. The first kappa shape index (κ1) is 23.3. The molecule has 0 aliphatic rings. The molecule has 1 heterocycles. The van der Waals surface area contributed by atoms with Crippen molar-refractivity contribution in [1.82, 2.24) is 20.2 Å². The van der Waals surface area contributed by atoms with Crippen molar-refractivity contribution in [3.63, 3.8) is 0 Å². The van der Waals surface area contributed by atoms with E-state index < -0.39 is 6.55 Å². The predicted octanol–water partition coefficient (Wildman–Crippen LogP) is 4.10. The van der Waals surface area contributed by atoms with Crippen molar-refractivity contribution in [2.75, 3.05) is 13.6 Å². The van der Waals surface area contributed by atoms with Crippen LogP contribution in [0.1, 0.15) is 44.3 Å². The maximum Gasteiger partial charge on any atom is 0.319 e. The lowest BCUT2D eigenvalue weighted by atomic mass is 9.86. The second kappa shape index (κ2) is 10.6. The van der Waals surface area contributed by atoms with Crippen molar-refractivity contribution >= 4 is 29.9 Å². The highest BCUT2D eigenvalue weighted by Crippen LogP contribution is 2.22. The maximum atomic E-state index is 12.8. The maximum absolute atomic E-state index is 12.8. The van der Waals surface area contributed by atoms with Gasteiger partial charge in [0.05, 0.1) is 6.54 Å².